The van der Waals surface area contributed by atoms with Crippen LogP contribution in [0.4, 0.5) is 0 Å². The fourth-order valence-corrected chi connectivity index (χ4v) is 1.96. The molecule has 0 radical (unpaired) electrons. The lowest BCUT2D eigenvalue weighted by atomic mass is 10.1. The second-order valence-corrected chi connectivity index (χ2v) is 5.28. The van der Waals surface area contributed by atoms with Crippen molar-refractivity contribution >= 4 is 5.91 Å². The Hall–Kier alpha value is -1.39. The average Bonchev–Trinajstić information content (AvgIpc) is 2.50. The monoisotopic (exact) mass is 292 g/mol. The van der Waals surface area contributed by atoms with Gasteiger partial charge in [-0.25, -0.2) is 0 Å². The minimum atomic E-state index is 0.00302. The van der Waals surface area contributed by atoms with Crippen molar-refractivity contribution in [1.82, 2.24) is 10.2 Å². The molecule has 0 atom stereocenters. The molecule has 0 aromatic heterocycles. The summed E-state index contributed by atoms with van der Waals surface area (Å²) in [6.07, 6.45) is 1.25. The maximum Gasteiger partial charge on any atom is 0.251 e. The highest BCUT2D eigenvalue weighted by molar-refractivity contribution is 5.94. The van der Waals surface area contributed by atoms with E-state index in [9.17, 15) is 4.79 Å². The predicted molar refractivity (Wildman–Crippen MR) is 86.7 cm³/mol. The Bertz CT molecular complexity index is 398. The second kappa shape index (κ2) is 10.4. The Morgan fingerprint density at radius 3 is 2.33 bits per heavy atom. The van der Waals surface area contributed by atoms with E-state index in [0.29, 0.717) is 6.54 Å². The first-order chi connectivity index (χ1) is 10.2. The summed E-state index contributed by atoms with van der Waals surface area (Å²) in [5.41, 5.74) is 1.89. The van der Waals surface area contributed by atoms with Crippen LogP contribution in [-0.4, -0.2) is 50.2 Å². The molecule has 1 aliphatic rings. The number of amides is 1. The van der Waals surface area contributed by atoms with Gasteiger partial charge in [-0.3, -0.25) is 9.69 Å². The molecule has 118 valence electrons. The van der Waals surface area contributed by atoms with Gasteiger partial charge in [-0.1, -0.05) is 38.0 Å². The molecular weight excluding hydrogens is 264 g/mol. The van der Waals surface area contributed by atoms with Crippen molar-refractivity contribution in [3.8, 4) is 0 Å². The SMILES string of the molecule is CCC.Cc1ccc(C(=O)NCCN2CCOCC2)cc1. The summed E-state index contributed by atoms with van der Waals surface area (Å²) in [4.78, 5) is 14.1. The zero-order chi connectivity index (χ0) is 15.5. The van der Waals surface area contributed by atoms with E-state index in [1.807, 2.05) is 31.2 Å². The fourth-order valence-electron chi connectivity index (χ4n) is 1.96. The van der Waals surface area contributed by atoms with Crippen molar-refractivity contribution in [2.75, 3.05) is 39.4 Å². The molecule has 0 bridgehead atoms. The first-order valence-corrected chi connectivity index (χ1v) is 7.82. The zero-order valence-corrected chi connectivity index (χ0v) is 13.5. The van der Waals surface area contributed by atoms with Crippen molar-refractivity contribution in [3.63, 3.8) is 0 Å². The Kier molecular flexibility index (Phi) is 8.71. The molecule has 0 saturated carbocycles. The normalized spacial score (nSPS) is 15.0. The van der Waals surface area contributed by atoms with Crippen LogP contribution >= 0.6 is 0 Å². The van der Waals surface area contributed by atoms with E-state index in [1.54, 1.807) is 0 Å². The van der Waals surface area contributed by atoms with Gasteiger partial charge in [0, 0.05) is 31.7 Å². The molecule has 1 N–H and O–H groups in total. The van der Waals surface area contributed by atoms with Gasteiger partial charge in [0.25, 0.3) is 5.91 Å². The van der Waals surface area contributed by atoms with Crippen LogP contribution in [0.1, 0.15) is 36.2 Å². The van der Waals surface area contributed by atoms with Crippen LogP contribution in [-0.2, 0) is 4.74 Å². The van der Waals surface area contributed by atoms with Gasteiger partial charge in [0.1, 0.15) is 0 Å². The Morgan fingerprint density at radius 2 is 1.76 bits per heavy atom. The number of hydrogen-bond acceptors (Lipinski definition) is 3. The summed E-state index contributed by atoms with van der Waals surface area (Å²) < 4.78 is 5.28. The van der Waals surface area contributed by atoms with Crippen molar-refractivity contribution < 1.29 is 9.53 Å². The molecule has 1 aromatic rings. The van der Waals surface area contributed by atoms with Gasteiger partial charge in [0.15, 0.2) is 0 Å². The summed E-state index contributed by atoms with van der Waals surface area (Å²) in [5.74, 6) is 0.00302. The topological polar surface area (TPSA) is 41.6 Å². The summed E-state index contributed by atoms with van der Waals surface area (Å²) in [6, 6.07) is 7.63. The number of rotatable bonds is 4. The Morgan fingerprint density at radius 1 is 1.19 bits per heavy atom. The Balaban J connectivity index is 0.000000677. The molecule has 0 unspecified atom stereocenters. The second-order valence-electron chi connectivity index (χ2n) is 5.28. The summed E-state index contributed by atoms with van der Waals surface area (Å²) >= 11 is 0. The van der Waals surface area contributed by atoms with E-state index in [1.165, 1.54) is 12.0 Å². The highest BCUT2D eigenvalue weighted by atomic mass is 16.5. The van der Waals surface area contributed by atoms with Crippen LogP contribution in [0.25, 0.3) is 0 Å². The summed E-state index contributed by atoms with van der Waals surface area (Å²) in [7, 11) is 0. The van der Waals surface area contributed by atoms with E-state index < -0.39 is 0 Å². The first kappa shape index (κ1) is 17.7. The largest absolute Gasteiger partial charge is 0.379 e. The number of carbonyl (C=O) groups is 1. The van der Waals surface area contributed by atoms with Gasteiger partial charge in [-0.15, -0.1) is 0 Å². The molecule has 4 nitrogen and oxygen atoms in total. The van der Waals surface area contributed by atoms with Gasteiger partial charge in [0.2, 0.25) is 0 Å². The molecule has 1 saturated heterocycles. The molecular formula is C17H28N2O2. The number of benzene rings is 1. The maximum absolute atomic E-state index is 11.8. The lowest BCUT2D eigenvalue weighted by molar-refractivity contribution is 0.0383. The van der Waals surface area contributed by atoms with Crippen LogP contribution in [0, 0.1) is 6.92 Å². The molecule has 1 amide bonds. The average molecular weight is 292 g/mol. The minimum Gasteiger partial charge on any atom is -0.379 e. The quantitative estimate of drug-likeness (QED) is 0.927. The summed E-state index contributed by atoms with van der Waals surface area (Å²) in [5, 5.41) is 2.94. The van der Waals surface area contributed by atoms with Gasteiger partial charge in [-0.2, -0.15) is 0 Å². The van der Waals surface area contributed by atoms with E-state index in [0.717, 1.165) is 38.4 Å². The predicted octanol–water partition coefficient (Wildman–Crippen LogP) is 2.47. The first-order valence-electron chi connectivity index (χ1n) is 7.82. The number of morpholine rings is 1. The lowest BCUT2D eigenvalue weighted by Crippen LogP contribution is -2.41. The van der Waals surface area contributed by atoms with E-state index in [2.05, 4.69) is 24.1 Å². The van der Waals surface area contributed by atoms with Gasteiger partial charge < -0.3 is 10.1 Å². The van der Waals surface area contributed by atoms with Crippen LogP contribution in [0.2, 0.25) is 0 Å². The molecule has 0 aliphatic carbocycles. The number of nitrogens with zero attached hydrogens (tertiary/aromatic N) is 1. The molecule has 0 spiro atoms. The molecule has 1 fully saturated rings. The number of hydrogen-bond donors (Lipinski definition) is 1. The third kappa shape index (κ3) is 7.25. The van der Waals surface area contributed by atoms with Crippen LogP contribution < -0.4 is 5.32 Å². The maximum atomic E-state index is 11.8. The van der Waals surface area contributed by atoms with E-state index in [-0.39, 0.29) is 5.91 Å². The van der Waals surface area contributed by atoms with E-state index >= 15 is 0 Å². The number of ether oxygens (including phenoxy) is 1. The summed E-state index contributed by atoms with van der Waals surface area (Å²) in [6.45, 7) is 11.4. The molecule has 4 heteroatoms. The molecule has 1 heterocycles. The highest BCUT2D eigenvalue weighted by Crippen LogP contribution is 2.02. The third-order valence-electron chi connectivity index (χ3n) is 3.13. The number of nitrogens with one attached hydrogen (secondary N) is 1. The standard InChI is InChI=1S/C14H20N2O2.C3H8/c1-12-2-4-13(5-3-12)14(17)15-6-7-16-8-10-18-11-9-16;1-3-2/h2-5H,6-11H2,1H3,(H,15,17);3H2,1-2H3. The lowest BCUT2D eigenvalue weighted by Gasteiger charge is -2.26. The zero-order valence-electron chi connectivity index (χ0n) is 13.5. The van der Waals surface area contributed by atoms with Crippen molar-refractivity contribution in [1.29, 1.82) is 0 Å². The van der Waals surface area contributed by atoms with Crippen molar-refractivity contribution in [2.24, 2.45) is 0 Å². The molecule has 2 rings (SSSR count). The van der Waals surface area contributed by atoms with Crippen LogP contribution in [0.5, 0.6) is 0 Å². The molecule has 1 aromatic carbocycles. The number of carbonyl (C=O) groups excluding carboxylic acids is 1. The number of aryl methyl sites for hydroxylation is 1. The Labute approximate surface area is 128 Å². The highest BCUT2D eigenvalue weighted by Gasteiger charge is 2.10. The van der Waals surface area contributed by atoms with Crippen LogP contribution in [0.3, 0.4) is 0 Å². The van der Waals surface area contributed by atoms with Gasteiger partial charge in [0.05, 0.1) is 13.2 Å². The van der Waals surface area contributed by atoms with E-state index in [4.69, 9.17) is 4.74 Å². The van der Waals surface area contributed by atoms with Gasteiger partial charge in [-0.05, 0) is 19.1 Å². The molecule has 1 aliphatic heterocycles. The third-order valence-corrected chi connectivity index (χ3v) is 3.13. The smallest absolute Gasteiger partial charge is 0.251 e. The van der Waals surface area contributed by atoms with Crippen LogP contribution in [0.15, 0.2) is 24.3 Å². The fraction of sp³-hybridized carbons (Fsp3) is 0.588. The minimum absolute atomic E-state index is 0.00302. The van der Waals surface area contributed by atoms with Gasteiger partial charge >= 0.3 is 0 Å². The van der Waals surface area contributed by atoms with Crippen molar-refractivity contribution in [3.05, 3.63) is 35.4 Å². The van der Waals surface area contributed by atoms with Crippen molar-refractivity contribution in [2.45, 2.75) is 27.2 Å². The molecule has 21 heavy (non-hydrogen) atoms.